The highest BCUT2D eigenvalue weighted by atomic mass is 35.5. The van der Waals surface area contributed by atoms with E-state index in [1.807, 2.05) is 43.3 Å². The van der Waals surface area contributed by atoms with Crippen LogP contribution in [-0.2, 0) is 31.3 Å². The summed E-state index contributed by atoms with van der Waals surface area (Å²) >= 11 is 6.15. The quantitative estimate of drug-likeness (QED) is 0.266. The second-order valence-corrected chi connectivity index (χ2v) is 8.72. The number of fused-ring (bicyclic) bond motifs is 1. The fourth-order valence-electron chi connectivity index (χ4n) is 3.97. The van der Waals surface area contributed by atoms with Crippen molar-refractivity contribution in [2.24, 2.45) is 7.05 Å². The highest BCUT2D eigenvalue weighted by Crippen LogP contribution is 2.27. The third kappa shape index (κ3) is 5.01. The topological polar surface area (TPSA) is 101 Å². The third-order valence-electron chi connectivity index (χ3n) is 5.94. The molecule has 4 aromatic rings. The molecule has 0 fully saturated rings. The Morgan fingerprint density at radius 2 is 1.94 bits per heavy atom. The van der Waals surface area contributed by atoms with Gasteiger partial charge in [-0.3, -0.25) is 18.5 Å². The number of hydrogen-bond donors (Lipinski definition) is 1. The average molecular weight is 511 g/mol. The lowest BCUT2D eigenvalue weighted by atomic mass is 10.1. The summed E-state index contributed by atoms with van der Waals surface area (Å²) in [5.74, 6) is 0.577. The van der Waals surface area contributed by atoms with Crippen molar-refractivity contribution in [1.29, 1.82) is 0 Å². The summed E-state index contributed by atoms with van der Waals surface area (Å²) < 4.78 is 15.4. The average Bonchev–Trinajstić information content (AvgIpc) is 3.22. The minimum absolute atomic E-state index is 0.00826. The lowest BCUT2D eigenvalue weighted by Crippen LogP contribution is -2.40. The third-order valence-corrected chi connectivity index (χ3v) is 6.17. The van der Waals surface area contributed by atoms with Gasteiger partial charge in [0.2, 0.25) is 0 Å². The molecule has 2 heterocycles. The van der Waals surface area contributed by atoms with Crippen molar-refractivity contribution in [2.45, 2.75) is 33.4 Å². The molecule has 0 aliphatic rings. The van der Waals surface area contributed by atoms with Gasteiger partial charge in [-0.15, -0.1) is 0 Å². The van der Waals surface area contributed by atoms with Crippen molar-refractivity contribution in [3.8, 4) is 11.8 Å². The lowest BCUT2D eigenvalue weighted by Gasteiger charge is -2.13. The summed E-state index contributed by atoms with van der Waals surface area (Å²) in [7, 11) is 1.56. The van der Waals surface area contributed by atoms with E-state index in [4.69, 9.17) is 26.2 Å². The van der Waals surface area contributed by atoms with E-state index in [2.05, 4.69) is 11.9 Å². The van der Waals surface area contributed by atoms with Crippen LogP contribution in [0.4, 0.5) is 0 Å². The molecule has 0 aliphatic heterocycles. The molecular weight excluding hydrogens is 484 g/mol. The maximum Gasteiger partial charge on any atom is 0.332 e. The van der Waals surface area contributed by atoms with E-state index < -0.39 is 11.2 Å². The van der Waals surface area contributed by atoms with Gasteiger partial charge in [0.05, 0.1) is 13.1 Å². The Kier molecular flexibility index (Phi) is 7.49. The Morgan fingerprint density at radius 3 is 2.67 bits per heavy atom. The number of halogens is 1. The van der Waals surface area contributed by atoms with Crippen LogP contribution in [0.5, 0.6) is 11.8 Å². The molecule has 2 aromatic carbocycles. The van der Waals surface area contributed by atoms with Crippen molar-refractivity contribution < 1.29 is 14.6 Å². The number of rotatable bonds is 9. The van der Waals surface area contributed by atoms with Crippen LogP contribution < -0.4 is 16.0 Å². The molecule has 0 saturated carbocycles. The Bertz CT molecular complexity index is 1550. The second kappa shape index (κ2) is 10.7. The standard InChI is InChI=1S/C26H27ClN4O5/c1-4-18-6-5-7-21(15-18)36-25-28-23-22(31(25)16-19-8-9-20(27)14-17(19)2)24(33)30(26(34)29(23)3)10-12-35-13-11-32/h5-9,11,13-15,32H,4,10,12,16H2,1-3H3/b13-11+. The van der Waals surface area contributed by atoms with Crippen molar-refractivity contribution >= 4 is 22.8 Å². The maximum absolute atomic E-state index is 13.6. The number of aromatic nitrogens is 4. The minimum atomic E-state index is -0.532. The molecule has 9 nitrogen and oxygen atoms in total. The molecule has 10 heteroatoms. The normalized spacial score (nSPS) is 11.4. The Hall–Kier alpha value is -3.98. The van der Waals surface area contributed by atoms with E-state index in [9.17, 15) is 9.59 Å². The first kappa shape index (κ1) is 25.1. The number of aliphatic hydroxyl groups excluding tert-OH is 1. The van der Waals surface area contributed by atoms with Gasteiger partial charge >= 0.3 is 11.7 Å². The second-order valence-electron chi connectivity index (χ2n) is 8.28. The molecule has 4 rings (SSSR count). The molecular formula is C26H27ClN4O5. The van der Waals surface area contributed by atoms with Crippen LogP contribution in [0.25, 0.3) is 11.2 Å². The van der Waals surface area contributed by atoms with Crippen LogP contribution in [0.1, 0.15) is 23.6 Å². The van der Waals surface area contributed by atoms with Gasteiger partial charge in [-0.25, -0.2) is 4.79 Å². The summed E-state index contributed by atoms with van der Waals surface area (Å²) in [5, 5.41) is 9.37. The van der Waals surface area contributed by atoms with E-state index in [1.54, 1.807) is 17.7 Å². The van der Waals surface area contributed by atoms with Crippen LogP contribution in [-0.4, -0.2) is 30.4 Å². The Labute approximate surface area is 212 Å². The van der Waals surface area contributed by atoms with Gasteiger partial charge in [-0.1, -0.05) is 36.7 Å². The van der Waals surface area contributed by atoms with Gasteiger partial charge in [-0.2, -0.15) is 4.98 Å². The molecule has 0 amide bonds. The SMILES string of the molecule is CCc1cccc(Oc2nc3c(c(=O)n(CCO/C=C/O)c(=O)n3C)n2Cc2ccc(Cl)cc2C)c1. The molecule has 0 spiro atoms. The maximum atomic E-state index is 13.6. The number of ether oxygens (including phenoxy) is 2. The van der Waals surface area contributed by atoms with Gasteiger partial charge in [0.15, 0.2) is 11.2 Å². The first-order chi connectivity index (χ1) is 17.3. The van der Waals surface area contributed by atoms with Crippen LogP contribution in [0.3, 0.4) is 0 Å². The molecule has 36 heavy (non-hydrogen) atoms. The fraction of sp³-hybridized carbons (Fsp3) is 0.269. The number of imidazole rings is 1. The highest BCUT2D eigenvalue weighted by molar-refractivity contribution is 6.30. The van der Waals surface area contributed by atoms with Crippen molar-refractivity contribution in [2.75, 3.05) is 6.61 Å². The number of benzene rings is 2. The molecule has 0 bridgehead atoms. The summed E-state index contributed by atoms with van der Waals surface area (Å²) in [6.07, 6.45) is 2.66. The van der Waals surface area contributed by atoms with E-state index in [0.29, 0.717) is 10.8 Å². The van der Waals surface area contributed by atoms with Crippen LogP contribution in [0.2, 0.25) is 5.02 Å². The molecule has 0 aliphatic carbocycles. The van der Waals surface area contributed by atoms with Gasteiger partial charge in [0, 0.05) is 12.1 Å². The molecule has 2 aromatic heterocycles. The summed E-state index contributed by atoms with van der Waals surface area (Å²) in [5.41, 5.74) is 2.35. The summed E-state index contributed by atoms with van der Waals surface area (Å²) in [4.78, 5) is 31.1. The monoisotopic (exact) mass is 510 g/mol. The number of aryl methyl sites for hydroxylation is 3. The zero-order valence-corrected chi connectivity index (χ0v) is 21.0. The fourth-order valence-corrected chi connectivity index (χ4v) is 4.20. The highest BCUT2D eigenvalue weighted by Gasteiger charge is 2.22. The first-order valence-corrected chi connectivity index (χ1v) is 11.8. The number of nitrogens with zero attached hydrogens (tertiary/aromatic N) is 4. The van der Waals surface area contributed by atoms with Gasteiger partial charge in [-0.05, 0) is 54.3 Å². The molecule has 0 radical (unpaired) electrons. The number of hydrogen-bond acceptors (Lipinski definition) is 6. The van der Waals surface area contributed by atoms with Crippen molar-refractivity contribution in [1.82, 2.24) is 18.7 Å². The smallest absolute Gasteiger partial charge is 0.332 e. The van der Waals surface area contributed by atoms with E-state index in [0.717, 1.165) is 40.2 Å². The molecule has 0 atom stereocenters. The van der Waals surface area contributed by atoms with Crippen molar-refractivity contribution in [3.63, 3.8) is 0 Å². The van der Waals surface area contributed by atoms with Crippen molar-refractivity contribution in [3.05, 3.63) is 97.5 Å². The van der Waals surface area contributed by atoms with Gasteiger partial charge < -0.3 is 14.6 Å². The summed E-state index contributed by atoms with van der Waals surface area (Å²) in [6.45, 7) is 4.28. The van der Waals surface area contributed by atoms with Gasteiger partial charge in [0.1, 0.15) is 24.9 Å². The van der Waals surface area contributed by atoms with E-state index in [-0.39, 0.29) is 36.9 Å². The van der Waals surface area contributed by atoms with Crippen LogP contribution in [0, 0.1) is 6.92 Å². The van der Waals surface area contributed by atoms with E-state index in [1.165, 1.54) is 4.57 Å². The molecule has 0 unspecified atom stereocenters. The molecule has 0 saturated heterocycles. The minimum Gasteiger partial charge on any atom is -0.512 e. The Balaban J connectivity index is 1.90. The zero-order valence-electron chi connectivity index (χ0n) is 20.3. The molecule has 188 valence electrons. The van der Waals surface area contributed by atoms with Gasteiger partial charge in [0.25, 0.3) is 5.56 Å². The predicted octanol–water partition coefficient (Wildman–Crippen LogP) is 4.31. The number of aliphatic hydroxyl groups is 1. The van der Waals surface area contributed by atoms with Crippen LogP contribution >= 0.6 is 11.6 Å². The van der Waals surface area contributed by atoms with E-state index >= 15 is 0 Å². The first-order valence-electron chi connectivity index (χ1n) is 11.5. The van der Waals surface area contributed by atoms with Crippen LogP contribution in [0.15, 0.2) is 64.6 Å². The zero-order chi connectivity index (χ0) is 25.8. The Morgan fingerprint density at radius 1 is 1.14 bits per heavy atom. The summed E-state index contributed by atoms with van der Waals surface area (Å²) in [6, 6.07) is 13.4. The molecule has 1 N–H and O–H groups in total. The predicted molar refractivity (Wildman–Crippen MR) is 138 cm³/mol. The lowest BCUT2D eigenvalue weighted by molar-refractivity contribution is 0.222. The largest absolute Gasteiger partial charge is 0.512 e.